The Bertz CT molecular complexity index is 544. The van der Waals surface area contributed by atoms with Crippen LogP contribution in [0.3, 0.4) is 0 Å². The first-order valence-electron chi connectivity index (χ1n) is 6.08. The van der Waals surface area contributed by atoms with Crippen molar-refractivity contribution in [3.8, 4) is 10.8 Å². The molecule has 0 radical (unpaired) electrons. The van der Waals surface area contributed by atoms with E-state index in [9.17, 15) is 4.79 Å². The van der Waals surface area contributed by atoms with Gasteiger partial charge in [-0.3, -0.25) is 4.79 Å². The van der Waals surface area contributed by atoms with E-state index >= 15 is 0 Å². The van der Waals surface area contributed by atoms with Gasteiger partial charge in [0.2, 0.25) is 0 Å². The molecule has 1 atom stereocenters. The summed E-state index contributed by atoms with van der Waals surface area (Å²) in [6.45, 7) is 3.68. The zero-order valence-electron chi connectivity index (χ0n) is 10.8. The highest BCUT2D eigenvalue weighted by atomic mass is 32.1. The second-order valence-corrected chi connectivity index (χ2v) is 5.37. The molecule has 2 aromatic heterocycles. The zero-order chi connectivity index (χ0) is 13.8. The van der Waals surface area contributed by atoms with E-state index in [0.717, 1.165) is 4.88 Å². The molecule has 0 fully saturated rings. The minimum Gasteiger partial charge on any atom is -0.462 e. The fourth-order valence-electron chi connectivity index (χ4n) is 1.64. The predicted molar refractivity (Wildman–Crippen MR) is 73.2 cm³/mol. The number of nitrogens with zero attached hydrogens (tertiary/aromatic N) is 1. The summed E-state index contributed by atoms with van der Waals surface area (Å²) < 4.78 is 5.27. The number of carbonyl (C=O) groups excluding carboxylic acids is 1. The number of hydrogen-bond donors (Lipinski definition) is 2. The van der Waals surface area contributed by atoms with Crippen LogP contribution in [-0.4, -0.2) is 28.6 Å². The number of aliphatic hydroxyl groups is 1. The van der Waals surface area contributed by atoms with E-state index in [4.69, 9.17) is 9.52 Å². The topological polar surface area (TPSA) is 75.4 Å². The number of aromatic nitrogens is 1. The summed E-state index contributed by atoms with van der Waals surface area (Å²) in [5, 5.41) is 12.5. The van der Waals surface area contributed by atoms with Crippen molar-refractivity contribution in [1.82, 2.24) is 10.3 Å². The number of nitrogens with one attached hydrogen (secondary N) is 1. The number of aryl methyl sites for hydroxylation is 1. The molecule has 0 aliphatic heterocycles. The molecule has 0 aliphatic rings. The first kappa shape index (κ1) is 13.8. The Morgan fingerprint density at radius 1 is 1.63 bits per heavy atom. The second kappa shape index (κ2) is 5.99. The lowest BCUT2D eigenvalue weighted by atomic mass is 10.2. The van der Waals surface area contributed by atoms with Crippen molar-refractivity contribution in [2.75, 3.05) is 6.61 Å². The van der Waals surface area contributed by atoms with E-state index in [0.29, 0.717) is 22.9 Å². The molecule has 5 nitrogen and oxygen atoms in total. The fraction of sp³-hybridized carbons (Fsp3) is 0.385. The molecule has 2 N–H and O–H groups in total. The smallest absolute Gasteiger partial charge is 0.271 e. The van der Waals surface area contributed by atoms with Gasteiger partial charge in [-0.05, 0) is 25.5 Å². The van der Waals surface area contributed by atoms with Crippen molar-refractivity contribution in [3.63, 3.8) is 0 Å². The van der Waals surface area contributed by atoms with Gasteiger partial charge < -0.3 is 14.8 Å². The molecular weight excluding hydrogens is 264 g/mol. The van der Waals surface area contributed by atoms with Crippen molar-refractivity contribution in [1.29, 1.82) is 0 Å². The molecule has 102 valence electrons. The number of rotatable bonds is 5. The molecule has 0 bridgehead atoms. The van der Waals surface area contributed by atoms with E-state index in [1.165, 1.54) is 11.3 Å². The minimum atomic E-state index is -0.257. The van der Waals surface area contributed by atoms with Gasteiger partial charge in [0.15, 0.2) is 10.8 Å². The molecule has 0 saturated carbocycles. The maximum absolute atomic E-state index is 12.1. The van der Waals surface area contributed by atoms with Crippen LogP contribution < -0.4 is 5.32 Å². The summed E-state index contributed by atoms with van der Waals surface area (Å²) in [6, 6.07) is 3.35. The summed E-state index contributed by atoms with van der Waals surface area (Å²) in [4.78, 5) is 17.2. The standard InChI is InChI=1S/C13H16N2O3S/c1-3-9(7-16)14-12(17)11-8(2)19-13(15-11)10-5-4-6-18-10/h4-6,9,16H,3,7H2,1-2H3,(H,14,17)/t9-/m1/s1. The third-order valence-corrected chi connectivity index (χ3v) is 3.78. The van der Waals surface area contributed by atoms with Gasteiger partial charge in [0, 0.05) is 4.88 Å². The van der Waals surface area contributed by atoms with Crippen LogP contribution in [-0.2, 0) is 0 Å². The van der Waals surface area contributed by atoms with Gasteiger partial charge in [-0.1, -0.05) is 6.92 Å². The third-order valence-electron chi connectivity index (χ3n) is 2.79. The highest BCUT2D eigenvalue weighted by Gasteiger charge is 2.19. The normalized spacial score (nSPS) is 12.4. The zero-order valence-corrected chi connectivity index (χ0v) is 11.7. The van der Waals surface area contributed by atoms with E-state index in [-0.39, 0.29) is 18.6 Å². The van der Waals surface area contributed by atoms with E-state index in [1.807, 2.05) is 19.9 Å². The van der Waals surface area contributed by atoms with Gasteiger partial charge in [0.25, 0.3) is 5.91 Å². The number of furan rings is 1. The number of hydrogen-bond acceptors (Lipinski definition) is 5. The van der Waals surface area contributed by atoms with Crippen LogP contribution in [0.4, 0.5) is 0 Å². The molecule has 19 heavy (non-hydrogen) atoms. The quantitative estimate of drug-likeness (QED) is 0.880. The van der Waals surface area contributed by atoms with Crippen molar-refractivity contribution in [2.45, 2.75) is 26.3 Å². The first-order chi connectivity index (χ1) is 9.15. The highest BCUT2D eigenvalue weighted by Crippen LogP contribution is 2.27. The van der Waals surface area contributed by atoms with Gasteiger partial charge in [-0.15, -0.1) is 11.3 Å². The number of carbonyl (C=O) groups is 1. The lowest BCUT2D eigenvalue weighted by molar-refractivity contribution is 0.0910. The molecular formula is C13H16N2O3S. The molecule has 0 saturated heterocycles. The van der Waals surface area contributed by atoms with Crippen LogP contribution in [0, 0.1) is 6.92 Å². The van der Waals surface area contributed by atoms with Crippen molar-refractivity contribution < 1.29 is 14.3 Å². The van der Waals surface area contributed by atoms with Crippen molar-refractivity contribution in [3.05, 3.63) is 29.0 Å². The Kier molecular flexibility index (Phi) is 4.34. The Balaban J connectivity index is 2.19. The molecule has 0 aliphatic carbocycles. The molecule has 2 heterocycles. The van der Waals surface area contributed by atoms with Crippen LogP contribution in [0.1, 0.15) is 28.7 Å². The lowest BCUT2D eigenvalue weighted by Gasteiger charge is -2.12. The Morgan fingerprint density at radius 2 is 2.42 bits per heavy atom. The van der Waals surface area contributed by atoms with Gasteiger partial charge in [0.05, 0.1) is 18.9 Å². The highest BCUT2D eigenvalue weighted by molar-refractivity contribution is 7.15. The summed E-state index contributed by atoms with van der Waals surface area (Å²) in [6.07, 6.45) is 2.25. The van der Waals surface area contributed by atoms with E-state index < -0.39 is 0 Å². The molecule has 2 rings (SSSR count). The molecule has 2 aromatic rings. The van der Waals surface area contributed by atoms with Crippen molar-refractivity contribution in [2.24, 2.45) is 0 Å². The molecule has 1 amide bonds. The molecule has 0 aromatic carbocycles. The molecule has 6 heteroatoms. The van der Waals surface area contributed by atoms with Crippen LogP contribution in [0.2, 0.25) is 0 Å². The van der Waals surface area contributed by atoms with Crippen LogP contribution >= 0.6 is 11.3 Å². The Labute approximate surface area is 115 Å². The van der Waals surface area contributed by atoms with Crippen LogP contribution in [0.15, 0.2) is 22.8 Å². The average Bonchev–Trinajstić information content (AvgIpc) is 3.04. The van der Waals surface area contributed by atoms with Gasteiger partial charge >= 0.3 is 0 Å². The van der Waals surface area contributed by atoms with Gasteiger partial charge in [-0.2, -0.15) is 0 Å². The Hall–Kier alpha value is -1.66. The van der Waals surface area contributed by atoms with E-state index in [1.54, 1.807) is 12.3 Å². The lowest BCUT2D eigenvalue weighted by Crippen LogP contribution is -2.37. The summed E-state index contributed by atoms with van der Waals surface area (Å²) in [5.74, 6) is 0.397. The van der Waals surface area contributed by atoms with E-state index in [2.05, 4.69) is 10.3 Å². The third kappa shape index (κ3) is 3.02. The summed E-state index contributed by atoms with van der Waals surface area (Å²) in [5.41, 5.74) is 0.392. The van der Waals surface area contributed by atoms with Crippen LogP contribution in [0.5, 0.6) is 0 Å². The van der Waals surface area contributed by atoms with Crippen molar-refractivity contribution >= 4 is 17.2 Å². The first-order valence-corrected chi connectivity index (χ1v) is 6.90. The SMILES string of the molecule is CC[C@H](CO)NC(=O)c1nc(-c2ccco2)sc1C. The number of thiazole rings is 1. The number of amides is 1. The molecule has 0 unspecified atom stereocenters. The predicted octanol–water partition coefficient (Wildman–Crippen LogP) is 2.21. The Morgan fingerprint density at radius 3 is 3.00 bits per heavy atom. The summed E-state index contributed by atoms with van der Waals surface area (Å²) in [7, 11) is 0. The van der Waals surface area contributed by atoms with Gasteiger partial charge in [-0.25, -0.2) is 4.98 Å². The maximum Gasteiger partial charge on any atom is 0.271 e. The van der Waals surface area contributed by atoms with Crippen LogP contribution in [0.25, 0.3) is 10.8 Å². The molecule has 0 spiro atoms. The fourth-order valence-corrected chi connectivity index (χ4v) is 2.52. The van der Waals surface area contributed by atoms with Gasteiger partial charge in [0.1, 0.15) is 5.69 Å². The monoisotopic (exact) mass is 280 g/mol. The second-order valence-electron chi connectivity index (χ2n) is 4.16. The summed E-state index contributed by atoms with van der Waals surface area (Å²) >= 11 is 1.41. The average molecular weight is 280 g/mol. The number of aliphatic hydroxyl groups excluding tert-OH is 1. The minimum absolute atomic E-state index is 0.0730. The maximum atomic E-state index is 12.1. The largest absolute Gasteiger partial charge is 0.462 e.